The Bertz CT molecular complexity index is 1030. The molecular weight excluding hydrogens is 435 g/mol. The highest BCUT2D eigenvalue weighted by Gasteiger charge is 2.74. The molecule has 150 valence electrons. The fourth-order valence-corrected chi connectivity index (χ4v) is 4.65. The molecule has 29 heavy (non-hydrogen) atoms. The number of hydrogen-bond acceptors (Lipinski definition) is 4. The van der Waals surface area contributed by atoms with Crippen LogP contribution in [0, 0.1) is 11.3 Å². The first-order valence-corrected chi connectivity index (χ1v) is 10.1. The number of amides is 2. The van der Waals surface area contributed by atoms with Crippen LogP contribution < -0.4 is 10.6 Å². The summed E-state index contributed by atoms with van der Waals surface area (Å²) < 4.78 is 0. The lowest BCUT2D eigenvalue weighted by Gasteiger charge is -2.74. The largest absolute Gasteiger partial charge is 0.343 e. The number of carbonyl (C=O) groups is 2. The van der Waals surface area contributed by atoms with E-state index in [4.69, 9.17) is 34.8 Å². The van der Waals surface area contributed by atoms with E-state index >= 15 is 0 Å². The Morgan fingerprint density at radius 1 is 1.14 bits per heavy atom. The van der Waals surface area contributed by atoms with Crippen LogP contribution in [0.2, 0.25) is 15.3 Å². The topological polar surface area (TPSA) is 84.0 Å². The Balaban J connectivity index is 1.40. The van der Waals surface area contributed by atoms with Gasteiger partial charge in [-0.3, -0.25) is 9.59 Å². The molecule has 2 N–H and O–H groups in total. The van der Waals surface area contributed by atoms with Crippen LogP contribution in [0.5, 0.6) is 0 Å². The van der Waals surface area contributed by atoms with Crippen molar-refractivity contribution in [1.29, 1.82) is 0 Å². The predicted octanol–water partition coefficient (Wildman–Crippen LogP) is 4.53. The van der Waals surface area contributed by atoms with Gasteiger partial charge in [-0.1, -0.05) is 36.7 Å². The van der Waals surface area contributed by atoms with Crippen LogP contribution in [0.25, 0.3) is 0 Å². The van der Waals surface area contributed by atoms with E-state index in [-0.39, 0.29) is 28.4 Å². The second-order valence-corrected chi connectivity index (χ2v) is 8.76. The third kappa shape index (κ3) is 3.19. The van der Waals surface area contributed by atoms with Gasteiger partial charge in [-0.05, 0) is 48.2 Å². The van der Waals surface area contributed by atoms with Gasteiger partial charge in [0.15, 0.2) is 0 Å². The lowest BCUT2D eigenvalue weighted by Crippen LogP contribution is -2.78. The summed E-state index contributed by atoms with van der Waals surface area (Å²) >= 11 is 17.6. The summed E-state index contributed by atoms with van der Waals surface area (Å²) in [5, 5.41) is 6.67. The number of anilines is 1. The van der Waals surface area contributed by atoms with Crippen LogP contribution in [0.3, 0.4) is 0 Å². The van der Waals surface area contributed by atoms with Crippen LogP contribution in [-0.2, 0) is 4.79 Å². The van der Waals surface area contributed by atoms with E-state index in [0.717, 1.165) is 5.57 Å². The lowest BCUT2D eigenvalue weighted by molar-refractivity contribution is -0.139. The molecule has 1 aromatic carbocycles. The molecule has 6 nitrogen and oxygen atoms in total. The molecular formula is C20H17Cl3N4O2. The Kier molecular flexibility index (Phi) is 4.84. The maximum atomic E-state index is 12.7. The van der Waals surface area contributed by atoms with Crippen LogP contribution in [-0.4, -0.2) is 27.3 Å². The van der Waals surface area contributed by atoms with Crippen molar-refractivity contribution in [2.24, 2.45) is 11.3 Å². The smallest absolute Gasteiger partial charge is 0.252 e. The highest BCUT2D eigenvalue weighted by atomic mass is 35.5. The molecule has 0 spiro atoms. The van der Waals surface area contributed by atoms with Crippen molar-refractivity contribution in [2.45, 2.75) is 25.3 Å². The molecule has 2 amide bonds. The normalized spacial score (nSPS) is 25.4. The summed E-state index contributed by atoms with van der Waals surface area (Å²) in [6, 6.07) is 4.75. The first kappa shape index (κ1) is 20.1. The van der Waals surface area contributed by atoms with Crippen molar-refractivity contribution in [2.75, 3.05) is 5.32 Å². The molecule has 3 aliphatic rings. The third-order valence-corrected chi connectivity index (χ3v) is 6.99. The first-order valence-electron chi connectivity index (χ1n) is 8.93. The molecule has 9 heteroatoms. The number of aromatic nitrogens is 2. The van der Waals surface area contributed by atoms with Crippen LogP contribution in [0.1, 0.15) is 30.1 Å². The molecule has 0 radical (unpaired) electrons. The second-order valence-electron chi connectivity index (χ2n) is 7.61. The molecule has 3 saturated carbocycles. The van der Waals surface area contributed by atoms with E-state index in [1.807, 2.05) is 6.92 Å². The monoisotopic (exact) mass is 450 g/mol. The molecule has 1 heterocycles. The molecule has 2 aromatic rings. The number of halogens is 3. The Morgan fingerprint density at radius 2 is 1.79 bits per heavy atom. The maximum Gasteiger partial charge on any atom is 0.252 e. The minimum Gasteiger partial charge on any atom is -0.343 e. The van der Waals surface area contributed by atoms with Gasteiger partial charge in [-0.2, -0.15) is 0 Å². The highest BCUT2D eigenvalue weighted by Crippen LogP contribution is 2.73. The molecule has 1 aromatic heterocycles. The van der Waals surface area contributed by atoms with Gasteiger partial charge in [0.1, 0.15) is 0 Å². The summed E-state index contributed by atoms with van der Waals surface area (Å²) in [5.74, 6) is -0.705. The first-order chi connectivity index (χ1) is 13.7. The SMILES string of the molecule is C=C1C2(NC(=O)c3ccc(Cl)c(Cl)c3)CC1([C@@H](C)C(=O)Nc1cnc(Cl)nc1)C2. The Labute approximate surface area is 182 Å². The number of carbonyl (C=O) groups excluding carboxylic acids is 2. The highest BCUT2D eigenvalue weighted by molar-refractivity contribution is 6.42. The van der Waals surface area contributed by atoms with Crippen molar-refractivity contribution >= 4 is 52.3 Å². The average molecular weight is 452 g/mol. The summed E-state index contributed by atoms with van der Waals surface area (Å²) in [6.07, 6.45) is 4.24. The van der Waals surface area contributed by atoms with Gasteiger partial charge in [-0.25, -0.2) is 9.97 Å². The average Bonchev–Trinajstić information content (AvgIpc) is 2.67. The van der Waals surface area contributed by atoms with Gasteiger partial charge in [0, 0.05) is 16.9 Å². The minimum atomic E-state index is -0.471. The van der Waals surface area contributed by atoms with Crippen molar-refractivity contribution in [3.8, 4) is 0 Å². The van der Waals surface area contributed by atoms with Crippen LogP contribution >= 0.6 is 34.8 Å². The van der Waals surface area contributed by atoms with E-state index in [1.165, 1.54) is 18.5 Å². The van der Waals surface area contributed by atoms with E-state index in [1.54, 1.807) is 12.1 Å². The van der Waals surface area contributed by atoms with Crippen molar-refractivity contribution in [3.05, 3.63) is 63.6 Å². The molecule has 5 rings (SSSR count). The zero-order valence-electron chi connectivity index (χ0n) is 15.4. The van der Waals surface area contributed by atoms with Gasteiger partial charge in [0.2, 0.25) is 11.2 Å². The Morgan fingerprint density at radius 3 is 2.38 bits per heavy atom. The van der Waals surface area contributed by atoms with E-state index in [9.17, 15) is 9.59 Å². The molecule has 2 bridgehead atoms. The maximum absolute atomic E-state index is 12.7. The fraction of sp³-hybridized carbons (Fsp3) is 0.300. The van der Waals surface area contributed by atoms with E-state index < -0.39 is 5.54 Å². The predicted molar refractivity (Wildman–Crippen MR) is 112 cm³/mol. The standard InChI is InChI=1S/C20H17Cl3N4O2/c1-10(16(28)26-13-6-24-18(23)25-7-13)19-8-20(9-19,11(19)2)27-17(29)12-3-4-14(21)15(22)5-12/h3-7,10H,2,8-9H2,1H3,(H,26,28)(H,27,29)/t10-,19?,20?/m0/s1. The van der Waals surface area contributed by atoms with E-state index in [0.29, 0.717) is 34.1 Å². The van der Waals surface area contributed by atoms with Crippen LogP contribution in [0.15, 0.2) is 42.7 Å². The van der Waals surface area contributed by atoms with E-state index in [2.05, 4.69) is 27.2 Å². The summed E-state index contributed by atoms with van der Waals surface area (Å²) in [4.78, 5) is 33.0. The van der Waals surface area contributed by atoms with Gasteiger partial charge >= 0.3 is 0 Å². The lowest BCUT2D eigenvalue weighted by atomic mass is 9.33. The zero-order chi connectivity index (χ0) is 21.0. The molecule has 1 atom stereocenters. The quantitative estimate of drug-likeness (QED) is 0.517. The molecule has 3 fully saturated rings. The summed E-state index contributed by atoms with van der Waals surface area (Å²) in [7, 11) is 0. The fourth-order valence-electron chi connectivity index (χ4n) is 4.25. The van der Waals surface area contributed by atoms with Crippen molar-refractivity contribution < 1.29 is 9.59 Å². The molecule has 3 aliphatic carbocycles. The molecule has 0 aliphatic heterocycles. The number of hydrogen-bond donors (Lipinski definition) is 2. The molecule has 0 saturated heterocycles. The minimum absolute atomic E-state index is 0.114. The van der Waals surface area contributed by atoms with Gasteiger partial charge in [0.25, 0.3) is 5.91 Å². The summed E-state index contributed by atoms with van der Waals surface area (Å²) in [5.41, 5.74) is 0.989. The van der Waals surface area contributed by atoms with Gasteiger partial charge in [0.05, 0.1) is 33.7 Å². The third-order valence-electron chi connectivity index (χ3n) is 6.06. The molecule has 0 unspecified atom stereocenters. The van der Waals surface area contributed by atoms with Gasteiger partial charge in [-0.15, -0.1) is 0 Å². The Hall–Kier alpha value is -2.15. The summed E-state index contributed by atoms with van der Waals surface area (Å²) in [6.45, 7) is 6.01. The van der Waals surface area contributed by atoms with Crippen molar-refractivity contribution in [3.63, 3.8) is 0 Å². The van der Waals surface area contributed by atoms with Crippen LogP contribution in [0.4, 0.5) is 5.69 Å². The number of rotatable bonds is 5. The van der Waals surface area contributed by atoms with Gasteiger partial charge < -0.3 is 10.6 Å². The number of nitrogens with zero attached hydrogens (tertiary/aromatic N) is 2. The second kappa shape index (κ2) is 6.97. The number of nitrogens with one attached hydrogen (secondary N) is 2. The van der Waals surface area contributed by atoms with Crippen molar-refractivity contribution in [1.82, 2.24) is 15.3 Å². The number of benzene rings is 1. The zero-order valence-corrected chi connectivity index (χ0v) is 17.7.